The number of Topliss-reactive ketones (excluding diaryl/α,β-unsaturated/α-hetero) is 2. The van der Waals surface area contributed by atoms with Crippen molar-refractivity contribution < 1.29 is 9.59 Å². The number of rotatable bonds is 2. The molecule has 3 heteroatoms. The van der Waals surface area contributed by atoms with E-state index in [1.54, 1.807) is 18.2 Å². The average Bonchev–Trinajstić information content (AvgIpc) is 3.26. The van der Waals surface area contributed by atoms with Crippen LogP contribution in [0.4, 0.5) is 0 Å². The van der Waals surface area contributed by atoms with Crippen LogP contribution in [-0.4, -0.2) is 11.6 Å². The molecule has 0 N–H and O–H groups in total. The maximum absolute atomic E-state index is 14.2. The fraction of sp³-hybridized carbons (Fsp3) is 0.0345. The number of hydrogen-bond acceptors (Lipinski definition) is 2. The Morgan fingerprint density at radius 2 is 1.09 bits per heavy atom. The molecule has 2 aliphatic rings. The first-order valence-corrected chi connectivity index (χ1v) is 10.9. The van der Waals surface area contributed by atoms with Crippen molar-refractivity contribution >= 4 is 34.3 Å². The van der Waals surface area contributed by atoms with Gasteiger partial charge in [-0.1, -0.05) is 103 Å². The molecular weight excluding hydrogens is 416 g/mol. The second-order valence-electron chi connectivity index (χ2n) is 8.13. The second kappa shape index (κ2) is 6.88. The van der Waals surface area contributed by atoms with E-state index in [1.807, 2.05) is 84.9 Å². The first-order chi connectivity index (χ1) is 15.6. The van der Waals surface area contributed by atoms with E-state index in [0.717, 1.165) is 27.8 Å². The highest BCUT2D eigenvalue weighted by Crippen LogP contribution is 2.58. The molecule has 0 saturated heterocycles. The van der Waals surface area contributed by atoms with E-state index in [-0.39, 0.29) is 11.6 Å². The summed E-state index contributed by atoms with van der Waals surface area (Å²) >= 11 is 6.43. The standard InChI is InChI=1S/C29H17ClO2/c30-20-15-16-24-23(17-20)25(18-9-3-1-4-10-18)26(19-11-5-2-6-12-19)29(24)27(31)21-13-7-8-14-22(21)28(29)32/h1-17H. The number of ketones is 2. The first kappa shape index (κ1) is 19.0. The number of carbonyl (C=O) groups is 2. The molecule has 0 aromatic heterocycles. The van der Waals surface area contributed by atoms with Crippen LogP contribution in [0, 0.1) is 0 Å². The maximum Gasteiger partial charge on any atom is 0.186 e. The van der Waals surface area contributed by atoms with Gasteiger partial charge in [-0.3, -0.25) is 9.59 Å². The fourth-order valence-corrected chi connectivity index (χ4v) is 5.41. The van der Waals surface area contributed by atoms with Crippen molar-refractivity contribution in [1.82, 2.24) is 0 Å². The molecule has 0 radical (unpaired) electrons. The Bertz CT molecular complexity index is 1410. The van der Waals surface area contributed by atoms with Crippen LogP contribution in [0.25, 0.3) is 11.1 Å². The predicted octanol–water partition coefficient (Wildman–Crippen LogP) is 6.63. The molecule has 0 fully saturated rings. The lowest BCUT2D eigenvalue weighted by atomic mass is 9.70. The van der Waals surface area contributed by atoms with Crippen molar-refractivity contribution in [2.24, 2.45) is 0 Å². The number of fused-ring (bicyclic) bond motifs is 3. The number of halogens is 1. The minimum atomic E-state index is -1.42. The lowest BCUT2D eigenvalue weighted by Crippen LogP contribution is -2.38. The van der Waals surface area contributed by atoms with Crippen molar-refractivity contribution in [3.63, 3.8) is 0 Å². The summed E-state index contributed by atoms with van der Waals surface area (Å²) in [6.07, 6.45) is 0. The van der Waals surface area contributed by atoms with E-state index < -0.39 is 5.41 Å². The van der Waals surface area contributed by atoms with Gasteiger partial charge in [0.05, 0.1) is 0 Å². The Kier molecular flexibility index (Phi) is 4.08. The van der Waals surface area contributed by atoms with E-state index in [4.69, 9.17) is 11.6 Å². The van der Waals surface area contributed by atoms with E-state index in [2.05, 4.69) is 0 Å². The third-order valence-corrected chi connectivity index (χ3v) is 6.74. The highest BCUT2D eigenvalue weighted by molar-refractivity contribution is 6.43. The molecule has 0 bridgehead atoms. The summed E-state index contributed by atoms with van der Waals surface area (Å²) in [5.41, 5.74) is 4.47. The Labute approximate surface area is 190 Å². The number of carbonyl (C=O) groups excluding carboxylic acids is 2. The summed E-state index contributed by atoms with van der Waals surface area (Å²) in [4.78, 5) is 28.3. The number of hydrogen-bond donors (Lipinski definition) is 0. The minimum absolute atomic E-state index is 0.175. The number of benzene rings is 4. The van der Waals surface area contributed by atoms with Crippen molar-refractivity contribution in [2.75, 3.05) is 0 Å². The largest absolute Gasteiger partial charge is 0.292 e. The predicted molar refractivity (Wildman–Crippen MR) is 127 cm³/mol. The van der Waals surface area contributed by atoms with Crippen LogP contribution in [0.3, 0.4) is 0 Å². The van der Waals surface area contributed by atoms with Gasteiger partial charge >= 0.3 is 0 Å². The Hall–Kier alpha value is -3.75. The summed E-state index contributed by atoms with van der Waals surface area (Å²) in [5, 5.41) is 0.567. The summed E-state index contributed by atoms with van der Waals surface area (Å²) in [7, 11) is 0. The van der Waals surface area contributed by atoms with E-state index in [9.17, 15) is 9.59 Å². The molecule has 4 aromatic carbocycles. The molecule has 32 heavy (non-hydrogen) atoms. The molecule has 2 nitrogen and oxygen atoms in total. The fourth-order valence-electron chi connectivity index (χ4n) is 5.24. The molecule has 1 spiro atoms. The van der Waals surface area contributed by atoms with Crippen molar-refractivity contribution in [3.05, 3.63) is 142 Å². The lowest BCUT2D eigenvalue weighted by Gasteiger charge is -2.26. The number of allylic oxidation sites excluding steroid dienone is 1. The Balaban J connectivity index is 1.81. The van der Waals surface area contributed by atoms with Gasteiger partial charge in [0.15, 0.2) is 11.6 Å². The van der Waals surface area contributed by atoms with Gasteiger partial charge in [0, 0.05) is 16.1 Å². The molecule has 0 aliphatic heterocycles. The molecule has 0 atom stereocenters. The summed E-state index contributed by atoms with van der Waals surface area (Å²) in [6.45, 7) is 0. The van der Waals surface area contributed by atoms with Crippen molar-refractivity contribution in [2.45, 2.75) is 5.41 Å². The van der Waals surface area contributed by atoms with Gasteiger partial charge in [0.25, 0.3) is 0 Å². The third-order valence-electron chi connectivity index (χ3n) is 6.50. The maximum atomic E-state index is 14.2. The van der Waals surface area contributed by atoms with Crippen LogP contribution >= 0.6 is 11.6 Å². The van der Waals surface area contributed by atoms with Gasteiger partial charge in [0.2, 0.25) is 0 Å². The first-order valence-electron chi connectivity index (χ1n) is 10.5. The molecule has 4 aromatic rings. The van der Waals surface area contributed by atoms with Crippen LogP contribution in [0.15, 0.2) is 103 Å². The van der Waals surface area contributed by atoms with Crippen molar-refractivity contribution in [3.8, 4) is 0 Å². The zero-order valence-corrected chi connectivity index (χ0v) is 17.8. The lowest BCUT2D eigenvalue weighted by molar-refractivity contribution is 0.0845. The smallest absolute Gasteiger partial charge is 0.186 e. The second-order valence-corrected chi connectivity index (χ2v) is 8.56. The van der Waals surface area contributed by atoms with Crippen LogP contribution in [-0.2, 0) is 5.41 Å². The third kappa shape index (κ3) is 2.36. The molecule has 0 heterocycles. The quantitative estimate of drug-likeness (QED) is 0.333. The summed E-state index contributed by atoms with van der Waals surface area (Å²) < 4.78 is 0. The van der Waals surface area contributed by atoms with Crippen LogP contribution in [0.2, 0.25) is 5.02 Å². The van der Waals surface area contributed by atoms with Gasteiger partial charge in [0.1, 0.15) is 5.41 Å². The van der Waals surface area contributed by atoms with Gasteiger partial charge in [-0.05, 0) is 45.5 Å². The Morgan fingerprint density at radius 1 is 0.562 bits per heavy atom. The minimum Gasteiger partial charge on any atom is -0.292 e. The highest BCUT2D eigenvalue weighted by Gasteiger charge is 2.61. The van der Waals surface area contributed by atoms with Crippen LogP contribution < -0.4 is 0 Å². The van der Waals surface area contributed by atoms with E-state index >= 15 is 0 Å². The summed E-state index contributed by atoms with van der Waals surface area (Å²) in [5.74, 6) is -0.349. The van der Waals surface area contributed by atoms with Crippen molar-refractivity contribution in [1.29, 1.82) is 0 Å². The van der Waals surface area contributed by atoms with E-state index in [0.29, 0.717) is 21.7 Å². The van der Waals surface area contributed by atoms with Gasteiger partial charge in [-0.15, -0.1) is 0 Å². The normalized spacial score (nSPS) is 15.9. The van der Waals surface area contributed by atoms with Gasteiger partial charge in [-0.2, -0.15) is 0 Å². The molecule has 0 amide bonds. The topological polar surface area (TPSA) is 34.1 Å². The molecule has 2 aliphatic carbocycles. The summed E-state index contributed by atoms with van der Waals surface area (Å²) in [6, 6.07) is 32.3. The average molecular weight is 433 g/mol. The SMILES string of the molecule is O=C1c2ccccc2C(=O)C12C(c1ccccc1)=C(c1ccccc1)c1cc(Cl)ccc12. The highest BCUT2D eigenvalue weighted by atomic mass is 35.5. The molecule has 0 unspecified atom stereocenters. The molecule has 6 rings (SSSR count). The molecule has 152 valence electrons. The zero-order valence-electron chi connectivity index (χ0n) is 17.0. The molecule has 0 saturated carbocycles. The zero-order chi connectivity index (χ0) is 21.9. The monoisotopic (exact) mass is 432 g/mol. The van der Waals surface area contributed by atoms with Crippen LogP contribution in [0.5, 0.6) is 0 Å². The van der Waals surface area contributed by atoms with Gasteiger partial charge < -0.3 is 0 Å². The Morgan fingerprint density at radius 3 is 1.69 bits per heavy atom. The van der Waals surface area contributed by atoms with Crippen LogP contribution in [0.1, 0.15) is 43.0 Å². The van der Waals surface area contributed by atoms with E-state index in [1.165, 1.54) is 0 Å². The van der Waals surface area contributed by atoms with Gasteiger partial charge in [-0.25, -0.2) is 0 Å². The molecular formula is C29H17ClO2.